The second kappa shape index (κ2) is 8.87. The van der Waals surface area contributed by atoms with E-state index in [9.17, 15) is 13.2 Å². The Balaban J connectivity index is 1.51. The van der Waals surface area contributed by atoms with E-state index in [1.165, 1.54) is 12.1 Å². The van der Waals surface area contributed by atoms with Crippen molar-refractivity contribution in [3.63, 3.8) is 0 Å². The summed E-state index contributed by atoms with van der Waals surface area (Å²) in [5.41, 5.74) is 1.30. The molecule has 2 aromatic carbocycles. The van der Waals surface area contributed by atoms with Gasteiger partial charge in [0.05, 0.1) is 10.6 Å². The summed E-state index contributed by atoms with van der Waals surface area (Å²) in [7, 11) is -3.44. The quantitative estimate of drug-likeness (QED) is 0.612. The smallest absolute Gasteiger partial charge is 0.319 e. The van der Waals surface area contributed by atoms with E-state index < -0.39 is 15.9 Å². The maximum Gasteiger partial charge on any atom is 0.319 e. The summed E-state index contributed by atoms with van der Waals surface area (Å²) in [5, 5.41) is 9.13. The molecule has 0 aliphatic heterocycles. The lowest BCUT2D eigenvalue weighted by atomic mass is 10.2. The number of hydrogen-bond acceptors (Lipinski definition) is 6. The number of nitrogens with zero attached hydrogens (tertiary/aromatic N) is 2. The topological polar surface area (TPSA) is 114 Å². The van der Waals surface area contributed by atoms with E-state index in [2.05, 4.69) is 20.8 Å². The van der Waals surface area contributed by atoms with Gasteiger partial charge in [-0.2, -0.15) is 4.98 Å². The van der Waals surface area contributed by atoms with Gasteiger partial charge in [-0.1, -0.05) is 37.2 Å². The van der Waals surface area contributed by atoms with Crippen LogP contribution in [-0.2, 0) is 9.84 Å². The molecule has 0 radical (unpaired) electrons. The first-order valence-electron chi connectivity index (χ1n) is 9.12. The lowest BCUT2D eigenvalue weighted by Crippen LogP contribution is -2.32. The zero-order valence-electron chi connectivity index (χ0n) is 16.1. The van der Waals surface area contributed by atoms with Crippen molar-refractivity contribution in [1.82, 2.24) is 15.5 Å². The fourth-order valence-corrected chi connectivity index (χ4v) is 3.68. The normalized spacial score (nSPS) is 11.4. The van der Waals surface area contributed by atoms with Gasteiger partial charge in [-0.25, -0.2) is 13.2 Å². The van der Waals surface area contributed by atoms with E-state index in [0.29, 0.717) is 17.4 Å². The van der Waals surface area contributed by atoms with Crippen molar-refractivity contribution in [3.8, 4) is 11.5 Å². The van der Waals surface area contributed by atoms with Gasteiger partial charge >= 0.3 is 6.03 Å². The number of amides is 2. The van der Waals surface area contributed by atoms with Gasteiger partial charge in [0.1, 0.15) is 0 Å². The molecule has 1 heterocycles. The number of hydrogen-bond donors (Lipinski definition) is 2. The molecule has 0 saturated carbocycles. The Labute approximate surface area is 169 Å². The number of carbonyl (C=O) groups is 1. The van der Waals surface area contributed by atoms with Gasteiger partial charge < -0.3 is 15.2 Å². The van der Waals surface area contributed by atoms with Crippen molar-refractivity contribution in [2.75, 3.05) is 17.6 Å². The molecule has 3 rings (SSSR count). The van der Waals surface area contributed by atoms with Crippen molar-refractivity contribution >= 4 is 21.6 Å². The van der Waals surface area contributed by atoms with Gasteiger partial charge in [0.25, 0.3) is 5.89 Å². The maximum absolute atomic E-state index is 12.2. The molecule has 0 bridgehead atoms. The Hall–Kier alpha value is -3.20. The number of aromatic nitrogens is 2. The zero-order valence-corrected chi connectivity index (χ0v) is 16.9. The summed E-state index contributed by atoms with van der Waals surface area (Å²) < 4.78 is 29.6. The van der Waals surface area contributed by atoms with Crippen molar-refractivity contribution < 1.29 is 17.7 Å². The number of benzene rings is 2. The van der Waals surface area contributed by atoms with Crippen LogP contribution in [0.5, 0.6) is 0 Å². The summed E-state index contributed by atoms with van der Waals surface area (Å²) in [6.07, 6.45) is 0. The lowest BCUT2D eigenvalue weighted by Gasteiger charge is -2.08. The summed E-state index contributed by atoms with van der Waals surface area (Å²) in [6.45, 7) is 3.96. The Morgan fingerprint density at radius 1 is 1.07 bits per heavy atom. The minimum atomic E-state index is -3.44. The Morgan fingerprint density at radius 3 is 2.38 bits per heavy atom. The molecule has 0 aliphatic carbocycles. The number of anilines is 1. The second-order valence-corrected chi connectivity index (χ2v) is 8.81. The van der Waals surface area contributed by atoms with Gasteiger partial charge in [0, 0.05) is 23.7 Å². The molecule has 0 fully saturated rings. The molecule has 0 atom stereocenters. The molecule has 0 spiro atoms. The Kier molecular flexibility index (Phi) is 6.28. The van der Waals surface area contributed by atoms with Crippen LogP contribution >= 0.6 is 0 Å². The standard InChI is InChI=1S/C20H22N4O4S/c1-14(2)18-23-19(28-24-18)15-8-10-16(11-9-15)22-20(25)21-12-13-29(26,27)17-6-4-3-5-7-17/h3-11,14H,12-13H2,1-2H3,(H2,21,22,25). The second-order valence-electron chi connectivity index (χ2n) is 6.70. The van der Waals surface area contributed by atoms with Gasteiger partial charge in [-0.3, -0.25) is 0 Å². The third-order valence-electron chi connectivity index (χ3n) is 4.11. The first-order valence-corrected chi connectivity index (χ1v) is 10.8. The summed E-state index contributed by atoms with van der Waals surface area (Å²) in [6, 6.07) is 14.6. The highest BCUT2D eigenvalue weighted by Crippen LogP contribution is 2.21. The van der Waals surface area contributed by atoms with Crippen molar-refractivity contribution in [2.24, 2.45) is 0 Å². The van der Waals surface area contributed by atoms with Crippen LogP contribution < -0.4 is 10.6 Å². The number of carbonyl (C=O) groups excluding carboxylic acids is 1. The first kappa shape index (κ1) is 20.5. The Morgan fingerprint density at radius 2 is 1.76 bits per heavy atom. The molecule has 8 nitrogen and oxygen atoms in total. The van der Waals surface area contributed by atoms with E-state index in [1.807, 2.05) is 13.8 Å². The van der Waals surface area contributed by atoms with Crippen molar-refractivity contribution in [1.29, 1.82) is 0 Å². The number of sulfone groups is 1. The van der Waals surface area contributed by atoms with E-state index >= 15 is 0 Å². The van der Waals surface area contributed by atoms with Crippen LogP contribution in [-0.4, -0.2) is 36.9 Å². The lowest BCUT2D eigenvalue weighted by molar-refractivity contribution is 0.252. The largest absolute Gasteiger partial charge is 0.337 e. The molecular weight excluding hydrogens is 392 g/mol. The number of urea groups is 1. The van der Waals surface area contributed by atoms with Crippen LogP contribution in [0.15, 0.2) is 64.0 Å². The fraction of sp³-hybridized carbons (Fsp3) is 0.250. The van der Waals surface area contributed by atoms with Crippen molar-refractivity contribution in [2.45, 2.75) is 24.7 Å². The molecular formula is C20H22N4O4S. The van der Waals surface area contributed by atoms with E-state index in [-0.39, 0.29) is 23.1 Å². The van der Waals surface area contributed by atoms with Crippen LogP contribution in [0.2, 0.25) is 0 Å². The van der Waals surface area contributed by atoms with E-state index in [4.69, 9.17) is 4.52 Å². The number of nitrogens with one attached hydrogen (secondary N) is 2. The predicted octanol–water partition coefficient (Wildman–Crippen LogP) is 3.46. The molecule has 1 aromatic heterocycles. The maximum atomic E-state index is 12.2. The van der Waals surface area contributed by atoms with E-state index in [1.54, 1.807) is 42.5 Å². The molecule has 3 aromatic rings. The minimum absolute atomic E-state index is 0.00110. The van der Waals surface area contributed by atoms with Crippen LogP contribution in [0, 0.1) is 0 Å². The summed E-state index contributed by atoms with van der Waals surface area (Å²) in [5.74, 6) is 1.03. The summed E-state index contributed by atoms with van der Waals surface area (Å²) >= 11 is 0. The molecule has 0 aliphatic rings. The van der Waals surface area contributed by atoms with Crippen LogP contribution in [0.3, 0.4) is 0 Å². The monoisotopic (exact) mass is 414 g/mol. The van der Waals surface area contributed by atoms with Crippen molar-refractivity contribution in [3.05, 3.63) is 60.4 Å². The molecule has 0 unspecified atom stereocenters. The van der Waals surface area contributed by atoms with Gasteiger partial charge in [0.2, 0.25) is 0 Å². The first-order chi connectivity index (χ1) is 13.8. The average Bonchev–Trinajstić information content (AvgIpc) is 3.20. The third kappa shape index (κ3) is 5.41. The zero-order chi connectivity index (χ0) is 20.9. The summed E-state index contributed by atoms with van der Waals surface area (Å²) in [4.78, 5) is 16.6. The minimum Gasteiger partial charge on any atom is -0.337 e. The van der Waals surface area contributed by atoms with Crippen LogP contribution in [0.25, 0.3) is 11.5 Å². The van der Waals surface area contributed by atoms with Gasteiger partial charge in [-0.05, 0) is 36.4 Å². The fourth-order valence-electron chi connectivity index (χ4n) is 2.50. The average molecular weight is 414 g/mol. The van der Waals surface area contributed by atoms with Crippen LogP contribution in [0.1, 0.15) is 25.6 Å². The number of rotatable bonds is 7. The third-order valence-corrected chi connectivity index (χ3v) is 5.84. The van der Waals surface area contributed by atoms with Crippen LogP contribution in [0.4, 0.5) is 10.5 Å². The Bertz CT molecular complexity index is 1060. The predicted molar refractivity (Wildman–Crippen MR) is 109 cm³/mol. The molecule has 152 valence electrons. The highest BCUT2D eigenvalue weighted by atomic mass is 32.2. The van der Waals surface area contributed by atoms with Gasteiger partial charge in [-0.15, -0.1) is 0 Å². The molecule has 0 saturated heterocycles. The SMILES string of the molecule is CC(C)c1noc(-c2ccc(NC(=O)NCCS(=O)(=O)c3ccccc3)cc2)n1. The van der Waals surface area contributed by atoms with Gasteiger partial charge in [0.15, 0.2) is 15.7 Å². The molecule has 2 amide bonds. The highest BCUT2D eigenvalue weighted by Gasteiger charge is 2.14. The molecule has 9 heteroatoms. The molecule has 29 heavy (non-hydrogen) atoms. The highest BCUT2D eigenvalue weighted by molar-refractivity contribution is 7.91. The van der Waals surface area contributed by atoms with E-state index in [0.717, 1.165) is 5.56 Å². The molecule has 2 N–H and O–H groups in total.